The number of nitrogens with one attached hydrogen (secondary N) is 1. The van der Waals surface area contributed by atoms with Gasteiger partial charge in [0.1, 0.15) is 5.69 Å². The summed E-state index contributed by atoms with van der Waals surface area (Å²) in [6, 6.07) is 4.72. The number of carbonyl (C=O) groups is 2. The predicted octanol–water partition coefficient (Wildman–Crippen LogP) is 6.27. The third-order valence-electron chi connectivity index (χ3n) is 4.39. The van der Waals surface area contributed by atoms with Crippen molar-refractivity contribution in [3.63, 3.8) is 0 Å². The minimum Gasteiger partial charge on any atom is -0.490 e. The van der Waals surface area contributed by atoms with Gasteiger partial charge in [0, 0.05) is 23.9 Å². The molecule has 2 aromatic rings. The van der Waals surface area contributed by atoms with E-state index in [0.717, 1.165) is 0 Å². The monoisotopic (exact) mass is 525 g/mol. The van der Waals surface area contributed by atoms with Crippen LogP contribution in [0.1, 0.15) is 34.6 Å². The van der Waals surface area contributed by atoms with E-state index in [-0.39, 0.29) is 15.7 Å². The number of amides is 1. The number of anilines is 1. The van der Waals surface area contributed by atoms with Gasteiger partial charge in [-0.15, -0.1) is 0 Å². The molecule has 1 unspecified atom stereocenters. The molecule has 0 spiro atoms. The fourth-order valence-electron chi connectivity index (χ4n) is 2.97. The second-order valence-corrected chi connectivity index (χ2v) is 7.80. The number of benzene rings is 2. The van der Waals surface area contributed by atoms with Crippen molar-refractivity contribution in [1.29, 1.82) is 0 Å². The van der Waals surface area contributed by atoms with Crippen LogP contribution in [-0.4, -0.2) is 44.2 Å². The van der Waals surface area contributed by atoms with Crippen molar-refractivity contribution < 1.29 is 28.5 Å². The SMILES string of the molecule is CCOc1cc(Cl)c(N=NC(C(C)=O)C(=O)Nc2cc(Cl)c(OCC)c(OCC)c2)cc1OCC. The summed E-state index contributed by atoms with van der Waals surface area (Å²) in [5.41, 5.74) is 0.534. The molecule has 0 aromatic heterocycles. The fraction of sp³-hybridized carbons (Fsp3) is 0.417. The van der Waals surface area contributed by atoms with Gasteiger partial charge in [-0.1, -0.05) is 23.2 Å². The standard InChI is InChI=1S/C24H29Cl2N3O6/c1-6-32-19-12-16(25)18(13-20(19)33-7-2)28-29-22(14(5)30)24(31)27-15-10-17(26)23(35-9-4)21(11-15)34-8-3/h10-13,22H,6-9H2,1-5H3,(H,27,31). The molecule has 0 saturated heterocycles. The van der Waals surface area contributed by atoms with Crippen molar-refractivity contribution >= 4 is 46.3 Å². The van der Waals surface area contributed by atoms with E-state index in [2.05, 4.69) is 15.5 Å². The van der Waals surface area contributed by atoms with Crippen molar-refractivity contribution in [3.8, 4) is 23.0 Å². The number of ketones is 1. The summed E-state index contributed by atoms with van der Waals surface area (Å²) < 4.78 is 22.2. The van der Waals surface area contributed by atoms with Gasteiger partial charge in [0.15, 0.2) is 28.8 Å². The molecule has 35 heavy (non-hydrogen) atoms. The van der Waals surface area contributed by atoms with Crippen LogP contribution < -0.4 is 24.3 Å². The van der Waals surface area contributed by atoms with Crippen molar-refractivity contribution in [2.24, 2.45) is 10.2 Å². The molecule has 2 aromatic carbocycles. The Hall–Kier alpha value is -3.04. The molecular weight excluding hydrogens is 497 g/mol. The number of azo groups is 1. The molecule has 0 heterocycles. The number of halogens is 2. The Morgan fingerprint density at radius 3 is 1.97 bits per heavy atom. The summed E-state index contributed by atoms with van der Waals surface area (Å²) in [4.78, 5) is 25.1. The highest BCUT2D eigenvalue weighted by Crippen LogP contribution is 2.39. The van der Waals surface area contributed by atoms with Gasteiger partial charge in [-0.05, 0) is 40.7 Å². The summed E-state index contributed by atoms with van der Waals surface area (Å²) in [5.74, 6) is 0.395. The van der Waals surface area contributed by atoms with E-state index < -0.39 is 17.7 Å². The van der Waals surface area contributed by atoms with Crippen molar-refractivity contribution in [2.45, 2.75) is 40.7 Å². The Morgan fingerprint density at radius 2 is 1.40 bits per heavy atom. The average molecular weight is 526 g/mol. The van der Waals surface area contributed by atoms with Gasteiger partial charge in [0.05, 0.1) is 36.5 Å². The topological polar surface area (TPSA) is 108 Å². The van der Waals surface area contributed by atoms with Gasteiger partial charge in [-0.3, -0.25) is 9.59 Å². The van der Waals surface area contributed by atoms with Crippen LogP contribution in [0.2, 0.25) is 10.0 Å². The number of carbonyl (C=O) groups excluding carboxylic acids is 2. The molecule has 0 fully saturated rings. The largest absolute Gasteiger partial charge is 0.490 e. The molecule has 1 atom stereocenters. The maximum absolute atomic E-state index is 12.9. The predicted molar refractivity (Wildman–Crippen MR) is 135 cm³/mol. The van der Waals surface area contributed by atoms with Crippen LogP contribution in [0.25, 0.3) is 0 Å². The molecule has 1 N–H and O–H groups in total. The quantitative estimate of drug-likeness (QED) is 0.244. The first kappa shape index (κ1) is 28.2. The number of rotatable bonds is 13. The van der Waals surface area contributed by atoms with E-state index in [1.807, 2.05) is 27.7 Å². The second kappa shape index (κ2) is 13.7. The molecular formula is C24H29Cl2N3O6. The van der Waals surface area contributed by atoms with E-state index in [0.29, 0.717) is 55.1 Å². The Bertz CT molecular complexity index is 1080. The summed E-state index contributed by atoms with van der Waals surface area (Å²) in [5, 5.41) is 11.1. The molecule has 0 aliphatic heterocycles. The van der Waals surface area contributed by atoms with Crippen LogP contribution in [0, 0.1) is 0 Å². The Morgan fingerprint density at radius 1 is 0.829 bits per heavy atom. The van der Waals surface area contributed by atoms with Gasteiger partial charge in [0.25, 0.3) is 5.91 Å². The van der Waals surface area contributed by atoms with Crippen LogP contribution in [0.3, 0.4) is 0 Å². The average Bonchev–Trinajstić information content (AvgIpc) is 2.79. The first-order valence-corrected chi connectivity index (χ1v) is 11.9. The molecule has 11 heteroatoms. The molecule has 0 radical (unpaired) electrons. The lowest BCUT2D eigenvalue weighted by Gasteiger charge is -2.16. The van der Waals surface area contributed by atoms with Crippen LogP contribution >= 0.6 is 23.2 Å². The maximum atomic E-state index is 12.9. The summed E-state index contributed by atoms with van der Waals surface area (Å²) in [6.07, 6.45) is 0. The molecule has 190 valence electrons. The summed E-state index contributed by atoms with van der Waals surface area (Å²) >= 11 is 12.6. The van der Waals surface area contributed by atoms with Crippen molar-refractivity contribution in [2.75, 3.05) is 31.7 Å². The lowest BCUT2D eigenvalue weighted by molar-refractivity contribution is -0.126. The van der Waals surface area contributed by atoms with Crippen LogP contribution in [-0.2, 0) is 9.59 Å². The number of nitrogens with zero attached hydrogens (tertiary/aromatic N) is 2. The smallest absolute Gasteiger partial charge is 0.258 e. The molecule has 2 rings (SSSR count). The second-order valence-electron chi connectivity index (χ2n) is 6.99. The zero-order chi connectivity index (χ0) is 26.0. The highest BCUT2D eigenvalue weighted by atomic mass is 35.5. The van der Waals surface area contributed by atoms with Gasteiger partial charge >= 0.3 is 0 Å². The van der Waals surface area contributed by atoms with Crippen LogP contribution in [0.15, 0.2) is 34.5 Å². The summed E-state index contributed by atoms with van der Waals surface area (Å²) in [7, 11) is 0. The lowest BCUT2D eigenvalue weighted by atomic mass is 10.2. The normalized spacial score (nSPS) is 11.7. The van der Waals surface area contributed by atoms with Crippen molar-refractivity contribution in [3.05, 3.63) is 34.3 Å². The van der Waals surface area contributed by atoms with Gasteiger partial charge < -0.3 is 24.3 Å². The first-order chi connectivity index (χ1) is 16.7. The number of Topliss-reactive ketones (excluding diaryl/α,β-unsaturated/α-hetero) is 1. The molecule has 1 amide bonds. The van der Waals surface area contributed by atoms with Crippen LogP contribution in [0.5, 0.6) is 23.0 Å². The molecule has 0 aliphatic carbocycles. The Kier molecular flexibility index (Phi) is 11.1. The Balaban J connectivity index is 2.31. The molecule has 0 bridgehead atoms. The minimum absolute atomic E-state index is 0.223. The van der Waals surface area contributed by atoms with E-state index in [1.54, 1.807) is 12.1 Å². The molecule has 9 nitrogen and oxygen atoms in total. The minimum atomic E-state index is -1.42. The lowest BCUT2D eigenvalue weighted by Crippen LogP contribution is -2.31. The van der Waals surface area contributed by atoms with Gasteiger partial charge in [-0.2, -0.15) is 10.2 Å². The van der Waals surface area contributed by atoms with E-state index in [9.17, 15) is 9.59 Å². The van der Waals surface area contributed by atoms with Gasteiger partial charge in [-0.25, -0.2) is 0 Å². The molecule has 0 saturated carbocycles. The van der Waals surface area contributed by atoms with Crippen LogP contribution in [0.4, 0.5) is 11.4 Å². The third kappa shape index (κ3) is 7.73. The fourth-order valence-corrected chi connectivity index (χ4v) is 3.43. The van der Waals surface area contributed by atoms with E-state index in [4.69, 9.17) is 42.1 Å². The number of hydrogen-bond donors (Lipinski definition) is 1. The van der Waals surface area contributed by atoms with Gasteiger partial charge in [0.2, 0.25) is 6.04 Å². The number of hydrogen-bond acceptors (Lipinski definition) is 8. The van der Waals surface area contributed by atoms with E-state index in [1.165, 1.54) is 19.1 Å². The Labute approximate surface area is 214 Å². The third-order valence-corrected chi connectivity index (χ3v) is 4.98. The highest BCUT2D eigenvalue weighted by molar-refractivity contribution is 6.33. The van der Waals surface area contributed by atoms with Crippen molar-refractivity contribution in [1.82, 2.24) is 0 Å². The summed E-state index contributed by atoms with van der Waals surface area (Å²) in [6.45, 7) is 10.1. The maximum Gasteiger partial charge on any atom is 0.258 e. The van der Waals surface area contributed by atoms with E-state index >= 15 is 0 Å². The zero-order valence-electron chi connectivity index (χ0n) is 20.3. The zero-order valence-corrected chi connectivity index (χ0v) is 21.8. The number of ether oxygens (including phenoxy) is 4. The highest BCUT2D eigenvalue weighted by Gasteiger charge is 2.24. The first-order valence-electron chi connectivity index (χ1n) is 11.2. The molecule has 0 aliphatic rings.